The fourth-order valence-electron chi connectivity index (χ4n) is 1.40. The zero-order valence-corrected chi connectivity index (χ0v) is 10.5. The molecule has 1 aromatic carbocycles. The van der Waals surface area contributed by atoms with Gasteiger partial charge in [-0.25, -0.2) is 0 Å². The van der Waals surface area contributed by atoms with Gasteiger partial charge in [-0.1, -0.05) is 37.5 Å². The van der Waals surface area contributed by atoms with Gasteiger partial charge in [0.05, 0.1) is 0 Å². The minimum atomic E-state index is 0.452. The van der Waals surface area contributed by atoms with Gasteiger partial charge in [-0.15, -0.1) is 6.58 Å². The second kappa shape index (κ2) is 8.01. The highest BCUT2D eigenvalue weighted by Crippen LogP contribution is 2.34. The van der Waals surface area contributed by atoms with Gasteiger partial charge in [-0.2, -0.15) is 0 Å². The summed E-state index contributed by atoms with van der Waals surface area (Å²) in [5.74, 6) is 1.47. The molecule has 1 aromatic rings. The van der Waals surface area contributed by atoms with Gasteiger partial charge < -0.3 is 14.8 Å². The van der Waals surface area contributed by atoms with Crippen LogP contribution < -0.4 is 14.8 Å². The Kier molecular flexibility index (Phi) is 6.19. The molecule has 0 radical (unpaired) electrons. The van der Waals surface area contributed by atoms with E-state index in [0.29, 0.717) is 19.8 Å². The molecule has 0 aliphatic heterocycles. The van der Waals surface area contributed by atoms with E-state index >= 15 is 0 Å². The van der Waals surface area contributed by atoms with Crippen molar-refractivity contribution in [1.29, 1.82) is 0 Å². The van der Waals surface area contributed by atoms with Gasteiger partial charge in [0.15, 0.2) is 0 Å². The third-order valence-corrected chi connectivity index (χ3v) is 2.12. The van der Waals surface area contributed by atoms with Gasteiger partial charge in [0.1, 0.15) is 30.4 Å². The first-order valence-electron chi connectivity index (χ1n) is 5.78. The monoisotopic (exact) mass is 245 g/mol. The van der Waals surface area contributed by atoms with Crippen molar-refractivity contribution in [2.75, 3.05) is 25.1 Å². The fourth-order valence-corrected chi connectivity index (χ4v) is 1.40. The number of para-hydroxylation sites is 1. The van der Waals surface area contributed by atoms with E-state index in [4.69, 9.17) is 9.47 Å². The smallest absolute Gasteiger partial charge is 0.146 e. The molecule has 0 aromatic heterocycles. The van der Waals surface area contributed by atoms with Crippen LogP contribution >= 0.6 is 0 Å². The number of nitrogens with one attached hydrogen (secondary N) is 1. The molecule has 0 heterocycles. The number of ether oxygens (including phenoxy) is 2. The van der Waals surface area contributed by atoms with Gasteiger partial charge in [0, 0.05) is 6.54 Å². The molecule has 1 N–H and O–H groups in total. The number of rotatable bonds is 9. The zero-order chi connectivity index (χ0) is 13.2. The molecule has 0 saturated heterocycles. The molecule has 3 nitrogen and oxygen atoms in total. The molecule has 0 atom stereocenters. The van der Waals surface area contributed by atoms with Crippen molar-refractivity contribution in [2.24, 2.45) is 0 Å². The highest BCUT2D eigenvalue weighted by molar-refractivity contribution is 5.66. The molecule has 18 heavy (non-hydrogen) atoms. The first-order valence-corrected chi connectivity index (χ1v) is 5.78. The Labute approximate surface area is 108 Å². The van der Waals surface area contributed by atoms with Crippen molar-refractivity contribution in [3.63, 3.8) is 0 Å². The molecule has 3 heteroatoms. The van der Waals surface area contributed by atoms with E-state index in [1.54, 1.807) is 18.2 Å². The van der Waals surface area contributed by atoms with Crippen LogP contribution in [0.4, 0.5) is 5.69 Å². The Morgan fingerprint density at radius 1 is 0.944 bits per heavy atom. The van der Waals surface area contributed by atoms with Crippen LogP contribution in [0.2, 0.25) is 0 Å². The summed E-state index contributed by atoms with van der Waals surface area (Å²) in [4.78, 5) is 0. The zero-order valence-electron chi connectivity index (χ0n) is 10.5. The molecular formula is C15H19NO2. The van der Waals surface area contributed by atoms with Crippen molar-refractivity contribution in [3.8, 4) is 11.5 Å². The quantitative estimate of drug-likeness (QED) is 0.676. The second-order valence-electron chi connectivity index (χ2n) is 3.50. The van der Waals surface area contributed by atoms with Crippen LogP contribution in [0, 0.1) is 0 Å². The fraction of sp³-hybridized carbons (Fsp3) is 0.200. The van der Waals surface area contributed by atoms with Gasteiger partial charge in [0.25, 0.3) is 0 Å². The Balaban J connectivity index is 2.94. The molecule has 1 rings (SSSR count). The summed E-state index contributed by atoms with van der Waals surface area (Å²) in [6.07, 6.45) is 5.19. The molecule has 0 aliphatic rings. The average Bonchev–Trinajstić information content (AvgIpc) is 2.41. The first kappa shape index (κ1) is 13.9. The molecule has 0 amide bonds. The molecule has 0 bridgehead atoms. The van der Waals surface area contributed by atoms with E-state index in [2.05, 4.69) is 25.1 Å². The van der Waals surface area contributed by atoms with Gasteiger partial charge in [0.2, 0.25) is 0 Å². The topological polar surface area (TPSA) is 30.5 Å². The summed E-state index contributed by atoms with van der Waals surface area (Å²) in [6, 6.07) is 5.65. The summed E-state index contributed by atoms with van der Waals surface area (Å²) < 4.78 is 11.2. The second-order valence-corrected chi connectivity index (χ2v) is 3.50. The van der Waals surface area contributed by atoms with E-state index in [1.807, 2.05) is 18.2 Å². The van der Waals surface area contributed by atoms with Crippen LogP contribution in [0.1, 0.15) is 0 Å². The predicted molar refractivity (Wildman–Crippen MR) is 76.5 cm³/mol. The van der Waals surface area contributed by atoms with Crippen LogP contribution in [0.15, 0.2) is 56.2 Å². The summed E-state index contributed by atoms with van der Waals surface area (Å²) in [5.41, 5.74) is 0.820. The molecule has 0 fully saturated rings. The van der Waals surface area contributed by atoms with Crippen LogP contribution in [-0.4, -0.2) is 19.8 Å². The highest BCUT2D eigenvalue weighted by Gasteiger charge is 2.09. The van der Waals surface area contributed by atoms with Gasteiger partial charge in [-0.3, -0.25) is 0 Å². The Hall–Kier alpha value is -2.16. The van der Waals surface area contributed by atoms with Crippen molar-refractivity contribution in [1.82, 2.24) is 0 Å². The van der Waals surface area contributed by atoms with E-state index in [-0.39, 0.29) is 0 Å². The lowest BCUT2D eigenvalue weighted by atomic mass is 10.2. The molecule has 96 valence electrons. The molecule has 0 aliphatic carbocycles. The Morgan fingerprint density at radius 2 is 1.50 bits per heavy atom. The highest BCUT2D eigenvalue weighted by atomic mass is 16.5. The van der Waals surface area contributed by atoms with Crippen molar-refractivity contribution in [2.45, 2.75) is 0 Å². The minimum absolute atomic E-state index is 0.452. The summed E-state index contributed by atoms with van der Waals surface area (Å²) in [6.45, 7) is 12.5. The largest absolute Gasteiger partial charge is 0.487 e. The summed E-state index contributed by atoms with van der Waals surface area (Å²) in [5, 5.41) is 3.21. The maximum atomic E-state index is 5.58. The van der Waals surface area contributed by atoms with E-state index in [0.717, 1.165) is 17.2 Å². The third-order valence-electron chi connectivity index (χ3n) is 2.12. The number of hydrogen-bond donors (Lipinski definition) is 1. The molecular weight excluding hydrogens is 226 g/mol. The SMILES string of the molecule is C=CCNc1c(OCC=C)cccc1OCC=C. The molecule has 0 saturated carbocycles. The summed E-state index contributed by atoms with van der Waals surface area (Å²) in [7, 11) is 0. The van der Waals surface area contributed by atoms with Gasteiger partial charge in [-0.05, 0) is 12.1 Å². The van der Waals surface area contributed by atoms with Crippen LogP contribution in [0.25, 0.3) is 0 Å². The maximum Gasteiger partial charge on any atom is 0.146 e. The number of anilines is 1. The Bertz CT molecular complexity index is 383. The minimum Gasteiger partial charge on any atom is -0.487 e. The van der Waals surface area contributed by atoms with Crippen LogP contribution in [0.3, 0.4) is 0 Å². The van der Waals surface area contributed by atoms with Crippen molar-refractivity contribution < 1.29 is 9.47 Å². The molecule has 0 spiro atoms. The normalized spacial score (nSPS) is 9.33. The standard InChI is InChI=1S/C15H19NO2/c1-4-10-16-15-13(17-11-5-2)8-7-9-14(15)18-12-6-3/h4-9,16H,1-3,10-12H2. The van der Waals surface area contributed by atoms with Crippen LogP contribution in [0.5, 0.6) is 11.5 Å². The summed E-state index contributed by atoms with van der Waals surface area (Å²) >= 11 is 0. The lowest BCUT2D eigenvalue weighted by Crippen LogP contribution is -2.05. The lowest BCUT2D eigenvalue weighted by Gasteiger charge is -2.15. The Morgan fingerprint density at radius 3 is 1.94 bits per heavy atom. The maximum absolute atomic E-state index is 5.58. The van der Waals surface area contributed by atoms with Crippen LogP contribution in [-0.2, 0) is 0 Å². The van der Waals surface area contributed by atoms with Crippen molar-refractivity contribution >= 4 is 5.69 Å². The first-order chi connectivity index (χ1) is 8.83. The van der Waals surface area contributed by atoms with Crippen molar-refractivity contribution in [3.05, 3.63) is 56.2 Å². The van der Waals surface area contributed by atoms with E-state index in [9.17, 15) is 0 Å². The number of hydrogen-bond acceptors (Lipinski definition) is 3. The molecule has 0 unspecified atom stereocenters. The number of benzene rings is 1. The predicted octanol–water partition coefficient (Wildman–Crippen LogP) is 3.41. The third kappa shape index (κ3) is 4.01. The lowest BCUT2D eigenvalue weighted by molar-refractivity contribution is 0.348. The van der Waals surface area contributed by atoms with E-state index in [1.165, 1.54) is 0 Å². The van der Waals surface area contributed by atoms with E-state index < -0.39 is 0 Å². The van der Waals surface area contributed by atoms with Gasteiger partial charge >= 0.3 is 0 Å². The average molecular weight is 245 g/mol.